The summed E-state index contributed by atoms with van der Waals surface area (Å²) in [7, 11) is 0. The number of amides is 1. The van der Waals surface area contributed by atoms with Gasteiger partial charge in [-0.3, -0.25) is 4.79 Å². The van der Waals surface area contributed by atoms with Gasteiger partial charge in [0.05, 0.1) is 5.69 Å². The van der Waals surface area contributed by atoms with Gasteiger partial charge in [-0.2, -0.15) is 13.2 Å². The van der Waals surface area contributed by atoms with Crippen LogP contribution in [0.4, 0.5) is 19.0 Å². The van der Waals surface area contributed by atoms with Crippen molar-refractivity contribution in [3.63, 3.8) is 0 Å². The zero-order valence-corrected chi connectivity index (χ0v) is 16.3. The van der Waals surface area contributed by atoms with Crippen molar-refractivity contribution in [1.29, 1.82) is 0 Å². The molecule has 5 nitrogen and oxygen atoms in total. The molecule has 0 bridgehead atoms. The van der Waals surface area contributed by atoms with Crippen molar-refractivity contribution in [1.82, 2.24) is 15.3 Å². The Hall–Kier alpha value is -1.57. The Morgan fingerprint density at radius 1 is 1.30 bits per heavy atom. The normalized spacial score (nSPS) is 20.3. The Morgan fingerprint density at radius 3 is 2.59 bits per heavy atom. The van der Waals surface area contributed by atoms with Gasteiger partial charge in [-0.25, -0.2) is 9.97 Å². The van der Waals surface area contributed by atoms with E-state index >= 15 is 0 Å². The first-order valence-electron chi connectivity index (χ1n) is 9.25. The van der Waals surface area contributed by atoms with Gasteiger partial charge in [-0.05, 0) is 49.6 Å². The first-order chi connectivity index (χ1) is 12.6. The fraction of sp³-hybridized carbons (Fsp3) is 0.722. The first kappa shape index (κ1) is 20.2. The molecule has 0 saturated carbocycles. The molecule has 0 unspecified atom stereocenters. The number of fused-ring (bicyclic) bond motifs is 1. The van der Waals surface area contributed by atoms with E-state index in [2.05, 4.69) is 28.7 Å². The smallest absolute Gasteiger partial charge is 0.356 e. The summed E-state index contributed by atoms with van der Waals surface area (Å²) in [5.74, 6) is -0.989. The summed E-state index contributed by atoms with van der Waals surface area (Å²) >= 11 is 6.18. The minimum Gasteiger partial charge on any atom is -0.356 e. The highest BCUT2D eigenvalue weighted by Gasteiger charge is 2.39. The van der Waals surface area contributed by atoms with E-state index in [1.165, 1.54) is 0 Å². The van der Waals surface area contributed by atoms with Crippen LogP contribution in [0.3, 0.4) is 0 Å². The molecule has 2 heterocycles. The maximum atomic E-state index is 12.3. The highest BCUT2D eigenvalue weighted by atomic mass is 35.5. The number of halogens is 4. The minimum atomic E-state index is -4.83. The zero-order chi connectivity index (χ0) is 19.8. The Kier molecular flexibility index (Phi) is 5.57. The molecule has 27 heavy (non-hydrogen) atoms. The van der Waals surface area contributed by atoms with Crippen LogP contribution in [-0.4, -0.2) is 41.7 Å². The van der Waals surface area contributed by atoms with Crippen LogP contribution in [-0.2, 0) is 16.6 Å². The summed E-state index contributed by atoms with van der Waals surface area (Å²) in [6.07, 6.45) is -0.418. The molecule has 1 N–H and O–H groups in total. The van der Waals surface area contributed by atoms with Crippen molar-refractivity contribution in [2.75, 3.05) is 24.5 Å². The van der Waals surface area contributed by atoms with Crippen LogP contribution in [0.2, 0.25) is 5.28 Å². The number of hydrogen-bond acceptors (Lipinski definition) is 4. The van der Waals surface area contributed by atoms with Gasteiger partial charge >= 0.3 is 12.1 Å². The Bertz CT molecular complexity index is 715. The SMILES string of the molecule is CC1(C)CCCc2c(N3CCC(CNC(=O)C(F)(F)F)CC3)nc(Cl)nc21. The van der Waals surface area contributed by atoms with Gasteiger partial charge in [0.1, 0.15) is 5.82 Å². The second-order valence-electron chi connectivity index (χ2n) is 8.02. The van der Waals surface area contributed by atoms with Gasteiger partial charge in [0.25, 0.3) is 0 Å². The Balaban J connectivity index is 1.67. The van der Waals surface area contributed by atoms with E-state index in [4.69, 9.17) is 11.6 Å². The Labute approximate surface area is 161 Å². The molecule has 1 fully saturated rings. The van der Waals surface area contributed by atoms with Crippen LogP contribution < -0.4 is 10.2 Å². The molecule has 0 radical (unpaired) electrons. The van der Waals surface area contributed by atoms with Crippen molar-refractivity contribution >= 4 is 23.3 Å². The van der Waals surface area contributed by atoms with Gasteiger partial charge in [0.2, 0.25) is 5.28 Å². The average molecular weight is 405 g/mol. The van der Waals surface area contributed by atoms with Crippen molar-refractivity contribution in [3.05, 3.63) is 16.5 Å². The van der Waals surface area contributed by atoms with Crippen molar-refractivity contribution < 1.29 is 18.0 Å². The van der Waals surface area contributed by atoms with Crippen molar-refractivity contribution in [3.8, 4) is 0 Å². The van der Waals surface area contributed by atoms with E-state index in [9.17, 15) is 18.0 Å². The van der Waals surface area contributed by atoms with Crippen LogP contribution in [0.1, 0.15) is 50.8 Å². The number of carbonyl (C=O) groups excluding carboxylic acids is 1. The largest absolute Gasteiger partial charge is 0.471 e. The lowest BCUT2D eigenvalue weighted by molar-refractivity contribution is -0.173. The van der Waals surface area contributed by atoms with Gasteiger partial charge in [0, 0.05) is 30.6 Å². The number of hydrogen-bond donors (Lipinski definition) is 1. The van der Waals surface area contributed by atoms with Gasteiger partial charge in [0.15, 0.2) is 0 Å². The third-order valence-corrected chi connectivity index (χ3v) is 5.72. The van der Waals surface area contributed by atoms with Crippen LogP contribution in [0, 0.1) is 5.92 Å². The molecule has 2 aliphatic rings. The van der Waals surface area contributed by atoms with E-state index in [0.29, 0.717) is 25.9 Å². The zero-order valence-electron chi connectivity index (χ0n) is 15.5. The molecule has 9 heteroatoms. The second-order valence-corrected chi connectivity index (χ2v) is 8.36. The van der Waals surface area contributed by atoms with Crippen molar-refractivity contribution in [2.45, 2.75) is 57.5 Å². The quantitative estimate of drug-likeness (QED) is 0.781. The summed E-state index contributed by atoms with van der Waals surface area (Å²) < 4.78 is 36.9. The number of piperidine rings is 1. The topological polar surface area (TPSA) is 58.1 Å². The lowest BCUT2D eigenvalue weighted by Gasteiger charge is -2.37. The molecule has 1 aromatic rings. The van der Waals surface area contributed by atoms with Crippen LogP contribution in [0.15, 0.2) is 0 Å². The van der Waals surface area contributed by atoms with Gasteiger partial charge in [-0.1, -0.05) is 13.8 Å². The molecule has 0 atom stereocenters. The maximum absolute atomic E-state index is 12.3. The number of nitrogens with one attached hydrogen (secondary N) is 1. The highest BCUT2D eigenvalue weighted by molar-refractivity contribution is 6.28. The first-order valence-corrected chi connectivity index (χ1v) is 9.62. The van der Waals surface area contributed by atoms with Gasteiger partial charge < -0.3 is 10.2 Å². The third kappa shape index (κ3) is 4.47. The fourth-order valence-electron chi connectivity index (χ4n) is 4.01. The molecule has 1 aromatic heterocycles. The van der Waals surface area contributed by atoms with Crippen LogP contribution >= 0.6 is 11.6 Å². The maximum Gasteiger partial charge on any atom is 0.471 e. The Morgan fingerprint density at radius 2 is 1.96 bits per heavy atom. The molecular weight excluding hydrogens is 381 g/mol. The summed E-state index contributed by atoms with van der Waals surface area (Å²) in [6, 6.07) is 0. The van der Waals surface area contributed by atoms with E-state index in [0.717, 1.165) is 36.3 Å². The number of rotatable bonds is 3. The van der Waals surface area contributed by atoms with E-state index < -0.39 is 12.1 Å². The molecular formula is C18H24ClF3N4O. The summed E-state index contributed by atoms with van der Waals surface area (Å²) in [5, 5.41) is 2.22. The average Bonchev–Trinajstić information content (AvgIpc) is 2.59. The van der Waals surface area contributed by atoms with Gasteiger partial charge in [-0.15, -0.1) is 0 Å². The van der Waals surface area contributed by atoms with Crippen molar-refractivity contribution in [2.24, 2.45) is 5.92 Å². The molecule has 1 aliphatic heterocycles. The molecule has 3 rings (SSSR count). The molecule has 1 aliphatic carbocycles. The number of anilines is 1. The summed E-state index contributed by atoms with van der Waals surface area (Å²) in [4.78, 5) is 22.1. The predicted molar refractivity (Wildman–Crippen MR) is 97.0 cm³/mol. The van der Waals surface area contributed by atoms with E-state index in [1.807, 2.05) is 5.32 Å². The summed E-state index contributed by atoms with van der Waals surface area (Å²) in [5.41, 5.74) is 2.09. The minimum absolute atomic E-state index is 0.0251. The van der Waals surface area contributed by atoms with E-state index in [1.54, 1.807) is 0 Å². The van der Waals surface area contributed by atoms with Crippen LogP contribution in [0.25, 0.3) is 0 Å². The number of carbonyl (C=O) groups is 1. The lowest BCUT2D eigenvalue weighted by atomic mass is 9.76. The van der Waals surface area contributed by atoms with E-state index in [-0.39, 0.29) is 23.2 Å². The number of aromatic nitrogens is 2. The fourth-order valence-corrected chi connectivity index (χ4v) is 4.17. The third-order valence-electron chi connectivity index (χ3n) is 5.55. The van der Waals surface area contributed by atoms with Crippen LogP contribution in [0.5, 0.6) is 0 Å². The second kappa shape index (κ2) is 7.45. The molecule has 0 spiro atoms. The molecule has 0 aromatic carbocycles. The number of alkyl halides is 3. The molecule has 150 valence electrons. The number of nitrogens with zero attached hydrogens (tertiary/aromatic N) is 3. The molecule has 1 amide bonds. The lowest BCUT2D eigenvalue weighted by Crippen LogP contribution is -2.43. The molecule has 1 saturated heterocycles. The highest BCUT2D eigenvalue weighted by Crippen LogP contribution is 2.40. The standard InChI is InChI=1S/C18H24ClF3N4O/c1-17(2)7-3-4-12-13(17)24-16(19)25-14(12)26-8-5-11(6-9-26)10-23-15(27)18(20,21)22/h11H,3-10H2,1-2H3,(H,23,27). The monoisotopic (exact) mass is 404 g/mol. The summed E-state index contributed by atoms with van der Waals surface area (Å²) in [6.45, 7) is 5.71. The predicted octanol–water partition coefficient (Wildman–Crippen LogP) is 3.64.